The monoisotopic (exact) mass is 238 g/mol. The van der Waals surface area contributed by atoms with Gasteiger partial charge < -0.3 is 15.4 Å². The van der Waals surface area contributed by atoms with Gasteiger partial charge in [0.1, 0.15) is 6.10 Å². The van der Waals surface area contributed by atoms with Crippen LogP contribution in [0.2, 0.25) is 0 Å². The van der Waals surface area contributed by atoms with Crippen molar-refractivity contribution in [3.63, 3.8) is 0 Å². The number of fused-ring (bicyclic) bond motifs is 2. The zero-order valence-corrected chi connectivity index (χ0v) is 10.3. The van der Waals surface area contributed by atoms with Crippen molar-refractivity contribution in [3.8, 4) is 0 Å². The van der Waals surface area contributed by atoms with E-state index in [0.717, 1.165) is 51.6 Å². The van der Waals surface area contributed by atoms with Gasteiger partial charge in [-0.15, -0.1) is 0 Å². The van der Waals surface area contributed by atoms with Gasteiger partial charge >= 0.3 is 0 Å². The van der Waals surface area contributed by atoms with E-state index in [-0.39, 0.29) is 12.0 Å². The van der Waals surface area contributed by atoms with E-state index in [2.05, 4.69) is 4.90 Å². The molecule has 3 aliphatic heterocycles. The number of ether oxygens (including phenoxy) is 1. The van der Waals surface area contributed by atoms with Gasteiger partial charge in [0.25, 0.3) is 5.91 Å². The lowest BCUT2D eigenvalue weighted by molar-refractivity contribution is -0.151. The molecule has 4 heteroatoms. The highest BCUT2D eigenvalue weighted by molar-refractivity contribution is 5.82. The van der Waals surface area contributed by atoms with E-state index < -0.39 is 0 Å². The van der Waals surface area contributed by atoms with Gasteiger partial charge in [-0.25, -0.2) is 0 Å². The molecule has 4 nitrogen and oxygen atoms in total. The Kier molecular flexibility index (Phi) is 3.09. The zero-order valence-electron chi connectivity index (χ0n) is 10.3. The molecule has 3 atom stereocenters. The van der Waals surface area contributed by atoms with Crippen LogP contribution in [0.1, 0.15) is 44.9 Å². The maximum atomic E-state index is 12.5. The van der Waals surface area contributed by atoms with Crippen LogP contribution in [0.15, 0.2) is 0 Å². The third-order valence-electron chi connectivity index (χ3n) is 4.48. The standard InChI is InChI=1S/C13H22N2O2/c14-9-7-10-4-5-11(8-9)15(10)13(16)12-3-1-2-6-17-12/h9-12H,1-8,14H2. The van der Waals surface area contributed by atoms with Gasteiger partial charge in [-0.3, -0.25) is 4.79 Å². The molecule has 0 spiro atoms. The molecule has 0 aliphatic carbocycles. The molecule has 2 bridgehead atoms. The Morgan fingerprint density at radius 1 is 1.12 bits per heavy atom. The summed E-state index contributed by atoms with van der Waals surface area (Å²) in [6.45, 7) is 0.749. The van der Waals surface area contributed by atoms with Crippen molar-refractivity contribution in [3.05, 3.63) is 0 Å². The second-order valence-electron chi connectivity index (χ2n) is 5.72. The molecular formula is C13H22N2O2. The molecule has 3 heterocycles. The fourth-order valence-corrected chi connectivity index (χ4v) is 3.68. The summed E-state index contributed by atoms with van der Waals surface area (Å²) in [6, 6.07) is 1.08. The van der Waals surface area contributed by atoms with Crippen LogP contribution in [0.3, 0.4) is 0 Å². The molecule has 0 saturated carbocycles. The van der Waals surface area contributed by atoms with Crippen LogP contribution >= 0.6 is 0 Å². The summed E-state index contributed by atoms with van der Waals surface area (Å²) in [4.78, 5) is 14.6. The first kappa shape index (κ1) is 11.5. The van der Waals surface area contributed by atoms with Gasteiger partial charge in [0.2, 0.25) is 0 Å². The quantitative estimate of drug-likeness (QED) is 0.742. The highest BCUT2D eigenvalue weighted by atomic mass is 16.5. The van der Waals surface area contributed by atoms with Crippen LogP contribution in [0, 0.1) is 0 Å². The van der Waals surface area contributed by atoms with E-state index in [9.17, 15) is 4.79 Å². The average molecular weight is 238 g/mol. The number of carbonyl (C=O) groups is 1. The number of nitrogens with zero attached hydrogens (tertiary/aromatic N) is 1. The predicted octanol–water partition coefficient (Wildman–Crippen LogP) is 1.04. The number of hydrogen-bond acceptors (Lipinski definition) is 3. The fourth-order valence-electron chi connectivity index (χ4n) is 3.68. The van der Waals surface area contributed by atoms with Crippen molar-refractivity contribution in [1.82, 2.24) is 4.90 Å². The Balaban J connectivity index is 1.69. The highest BCUT2D eigenvalue weighted by Gasteiger charge is 2.44. The molecule has 0 aromatic heterocycles. The molecule has 0 aromatic rings. The van der Waals surface area contributed by atoms with Crippen molar-refractivity contribution in [2.24, 2.45) is 5.73 Å². The molecule has 17 heavy (non-hydrogen) atoms. The summed E-state index contributed by atoms with van der Waals surface area (Å²) < 4.78 is 5.62. The molecular weight excluding hydrogens is 216 g/mol. The summed E-state index contributed by atoms with van der Waals surface area (Å²) >= 11 is 0. The fraction of sp³-hybridized carbons (Fsp3) is 0.923. The number of carbonyl (C=O) groups excluding carboxylic acids is 1. The second kappa shape index (κ2) is 4.58. The minimum Gasteiger partial charge on any atom is -0.368 e. The third kappa shape index (κ3) is 2.08. The van der Waals surface area contributed by atoms with E-state index in [1.807, 2.05) is 0 Å². The van der Waals surface area contributed by atoms with Crippen LogP contribution in [-0.4, -0.2) is 41.6 Å². The minimum absolute atomic E-state index is 0.166. The van der Waals surface area contributed by atoms with E-state index in [1.54, 1.807) is 0 Å². The Bertz CT molecular complexity index is 288. The Hall–Kier alpha value is -0.610. The predicted molar refractivity (Wildman–Crippen MR) is 64.5 cm³/mol. The number of piperidine rings is 1. The van der Waals surface area contributed by atoms with Gasteiger partial charge in [-0.2, -0.15) is 0 Å². The second-order valence-corrected chi connectivity index (χ2v) is 5.72. The van der Waals surface area contributed by atoms with Crippen molar-refractivity contribution >= 4 is 5.91 Å². The molecule has 2 N–H and O–H groups in total. The van der Waals surface area contributed by atoms with Crippen LogP contribution in [0.4, 0.5) is 0 Å². The van der Waals surface area contributed by atoms with Gasteiger partial charge in [0.15, 0.2) is 0 Å². The summed E-state index contributed by atoms with van der Waals surface area (Å²) in [5.41, 5.74) is 6.03. The van der Waals surface area contributed by atoms with Gasteiger partial charge in [0, 0.05) is 24.7 Å². The number of hydrogen-bond donors (Lipinski definition) is 1. The van der Waals surface area contributed by atoms with E-state index in [0.29, 0.717) is 18.1 Å². The van der Waals surface area contributed by atoms with Gasteiger partial charge in [-0.1, -0.05) is 0 Å². The zero-order chi connectivity index (χ0) is 11.8. The lowest BCUT2D eigenvalue weighted by Crippen LogP contribution is -2.53. The highest BCUT2D eigenvalue weighted by Crippen LogP contribution is 2.36. The number of amides is 1. The van der Waals surface area contributed by atoms with Crippen molar-refractivity contribution in [2.45, 2.75) is 69.2 Å². The van der Waals surface area contributed by atoms with Crippen LogP contribution in [0.5, 0.6) is 0 Å². The van der Waals surface area contributed by atoms with E-state index >= 15 is 0 Å². The lowest BCUT2D eigenvalue weighted by atomic mass is 9.96. The summed E-state index contributed by atoms with van der Waals surface area (Å²) in [7, 11) is 0. The molecule has 3 aliphatic rings. The SMILES string of the molecule is NC1CC2CCC(C1)N2C(=O)C1CCCCO1. The maximum Gasteiger partial charge on any atom is 0.252 e. The Morgan fingerprint density at radius 3 is 2.41 bits per heavy atom. The minimum atomic E-state index is -0.166. The van der Waals surface area contributed by atoms with E-state index in [4.69, 9.17) is 10.5 Å². The first-order chi connectivity index (χ1) is 8.25. The van der Waals surface area contributed by atoms with Gasteiger partial charge in [-0.05, 0) is 44.9 Å². The van der Waals surface area contributed by atoms with Crippen LogP contribution in [-0.2, 0) is 9.53 Å². The summed E-state index contributed by atoms with van der Waals surface area (Å²) in [5, 5.41) is 0. The average Bonchev–Trinajstić information content (AvgIpc) is 2.62. The summed E-state index contributed by atoms with van der Waals surface area (Å²) in [5.74, 6) is 0.240. The topological polar surface area (TPSA) is 55.6 Å². The van der Waals surface area contributed by atoms with Crippen molar-refractivity contribution in [1.29, 1.82) is 0 Å². The van der Waals surface area contributed by atoms with Crippen molar-refractivity contribution < 1.29 is 9.53 Å². The molecule has 3 fully saturated rings. The Labute approximate surface area is 102 Å². The first-order valence-corrected chi connectivity index (χ1v) is 6.95. The molecule has 3 rings (SSSR count). The molecule has 1 amide bonds. The molecule has 3 unspecified atom stereocenters. The van der Waals surface area contributed by atoms with E-state index in [1.165, 1.54) is 0 Å². The number of nitrogens with two attached hydrogens (primary N) is 1. The Morgan fingerprint density at radius 2 is 1.82 bits per heavy atom. The number of rotatable bonds is 1. The van der Waals surface area contributed by atoms with Crippen molar-refractivity contribution in [2.75, 3.05) is 6.61 Å². The molecule has 3 saturated heterocycles. The first-order valence-electron chi connectivity index (χ1n) is 6.95. The lowest BCUT2D eigenvalue weighted by Gasteiger charge is -2.40. The molecule has 96 valence electrons. The maximum absolute atomic E-state index is 12.5. The summed E-state index contributed by atoms with van der Waals surface area (Å²) in [6.07, 6.45) is 7.19. The van der Waals surface area contributed by atoms with Gasteiger partial charge in [0.05, 0.1) is 0 Å². The molecule has 0 radical (unpaired) electrons. The largest absolute Gasteiger partial charge is 0.368 e. The molecule has 0 aromatic carbocycles. The smallest absolute Gasteiger partial charge is 0.252 e. The third-order valence-corrected chi connectivity index (χ3v) is 4.48. The van der Waals surface area contributed by atoms with Crippen LogP contribution < -0.4 is 5.73 Å². The normalized spacial score (nSPS) is 41.6. The van der Waals surface area contributed by atoms with Crippen LogP contribution in [0.25, 0.3) is 0 Å².